The van der Waals surface area contributed by atoms with Gasteiger partial charge in [0.1, 0.15) is 11.4 Å². The van der Waals surface area contributed by atoms with Crippen molar-refractivity contribution in [3.8, 4) is 0 Å². The van der Waals surface area contributed by atoms with Crippen molar-refractivity contribution < 1.29 is 23.2 Å². The quantitative estimate of drug-likeness (QED) is 0.623. The molecule has 31 heavy (non-hydrogen) atoms. The van der Waals surface area contributed by atoms with Crippen molar-refractivity contribution in [3.63, 3.8) is 0 Å². The van der Waals surface area contributed by atoms with Gasteiger partial charge in [-0.25, -0.2) is 9.18 Å². The molecule has 1 amide bonds. The van der Waals surface area contributed by atoms with E-state index in [0.29, 0.717) is 13.0 Å². The SMILES string of the molecule is CC(C)(C)OC(=O)N(CCc1cc(F)ccc1B1OC(C)(C)C(C)(C)O1)C1CCCC1. The number of rotatable bonds is 5. The molecular weight excluding hydrogens is 396 g/mol. The molecule has 1 heterocycles. The number of carbonyl (C=O) groups is 1. The molecule has 1 aromatic rings. The minimum atomic E-state index is -0.568. The highest BCUT2D eigenvalue weighted by atomic mass is 19.1. The van der Waals surface area contributed by atoms with Gasteiger partial charge >= 0.3 is 13.2 Å². The molecule has 0 atom stereocenters. The molecule has 0 radical (unpaired) electrons. The van der Waals surface area contributed by atoms with E-state index in [2.05, 4.69) is 0 Å². The lowest BCUT2D eigenvalue weighted by molar-refractivity contribution is 0.00578. The van der Waals surface area contributed by atoms with E-state index >= 15 is 0 Å². The van der Waals surface area contributed by atoms with Crippen LogP contribution >= 0.6 is 0 Å². The van der Waals surface area contributed by atoms with Crippen LogP contribution in [0.5, 0.6) is 0 Å². The summed E-state index contributed by atoms with van der Waals surface area (Å²) in [6.45, 7) is 14.1. The smallest absolute Gasteiger partial charge is 0.444 e. The normalized spacial score (nSPS) is 20.8. The number of halogens is 1. The van der Waals surface area contributed by atoms with Gasteiger partial charge in [0.05, 0.1) is 11.2 Å². The molecule has 2 fully saturated rings. The van der Waals surface area contributed by atoms with Crippen molar-refractivity contribution in [1.82, 2.24) is 4.90 Å². The Morgan fingerprint density at radius 3 is 2.29 bits per heavy atom. The Morgan fingerprint density at radius 2 is 1.74 bits per heavy atom. The van der Waals surface area contributed by atoms with Gasteiger partial charge < -0.3 is 18.9 Å². The van der Waals surface area contributed by atoms with E-state index in [1.807, 2.05) is 53.4 Å². The van der Waals surface area contributed by atoms with Crippen molar-refractivity contribution in [1.29, 1.82) is 0 Å². The molecular formula is C24H37BFNO4. The average Bonchev–Trinajstić information content (AvgIpc) is 3.20. The van der Waals surface area contributed by atoms with Gasteiger partial charge in [0, 0.05) is 12.6 Å². The Hall–Kier alpha value is -1.60. The molecule has 0 unspecified atom stereocenters. The Labute approximate surface area is 186 Å². The van der Waals surface area contributed by atoms with Gasteiger partial charge in [-0.1, -0.05) is 18.9 Å². The number of benzene rings is 1. The van der Waals surface area contributed by atoms with Gasteiger partial charge in [-0.05, 0) is 90.9 Å². The maximum absolute atomic E-state index is 14.2. The monoisotopic (exact) mass is 433 g/mol. The number of hydrogen-bond donors (Lipinski definition) is 0. The molecule has 7 heteroatoms. The zero-order valence-corrected chi connectivity index (χ0v) is 20.1. The highest BCUT2D eigenvalue weighted by molar-refractivity contribution is 6.62. The molecule has 1 aliphatic heterocycles. The van der Waals surface area contributed by atoms with Crippen LogP contribution in [0.3, 0.4) is 0 Å². The second-order valence-electron chi connectivity index (χ2n) is 10.8. The Balaban J connectivity index is 1.81. The number of ether oxygens (including phenoxy) is 1. The molecule has 0 bridgehead atoms. The predicted molar refractivity (Wildman–Crippen MR) is 121 cm³/mol. The minimum absolute atomic E-state index is 0.170. The lowest BCUT2D eigenvalue weighted by Crippen LogP contribution is -2.44. The van der Waals surface area contributed by atoms with E-state index in [4.69, 9.17) is 14.0 Å². The van der Waals surface area contributed by atoms with Crippen LogP contribution in [0.25, 0.3) is 0 Å². The summed E-state index contributed by atoms with van der Waals surface area (Å²) in [6.07, 6.45) is 4.39. The second kappa shape index (κ2) is 8.74. The van der Waals surface area contributed by atoms with Crippen LogP contribution in [-0.4, -0.2) is 47.5 Å². The third kappa shape index (κ3) is 5.61. The molecule has 1 saturated heterocycles. The predicted octanol–water partition coefficient (Wildman–Crippen LogP) is 4.85. The van der Waals surface area contributed by atoms with Crippen LogP contribution in [0.4, 0.5) is 9.18 Å². The van der Waals surface area contributed by atoms with Crippen molar-refractivity contribution >= 4 is 18.7 Å². The van der Waals surface area contributed by atoms with Crippen molar-refractivity contribution in [2.45, 2.75) is 103 Å². The van der Waals surface area contributed by atoms with Gasteiger partial charge in [-0.15, -0.1) is 0 Å². The largest absolute Gasteiger partial charge is 0.495 e. The standard InChI is InChI=1S/C24H37BFNO4/c1-22(2,3)29-21(28)27(19-10-8-9-11-19)15-14-17-16-18(26)12-13-20(17)25-30-23(4,5)24(6,7)31-25/h12-13,16,19H,8-11,14-15H2,1-7H3. The van der Waals surface area contributed by atoms with E-state index in [-0.39, 0.29) is 18.0 Å². The number of hydrogen-bond acceptors (Lipinski definition) is 4. The third-order valence-electron chi connectivity index (χ3n) is 6.63. The summed E-state index contributed by atoms with van der Waals surface area (Å²) in [5, 5.41) is 0. The minimum Gasteiger partial charge on any atom is -0.444 e. The summed E-state index contributed by atoms with van der Waals surface area (Å²) < 4.78 is 32.2. The van der Waals surface area contributed by atoms with E-state index in [1.165, 1.54) is 12.1 Å². The van der Waals surface area contributed by atoms with Gasteiger partial charge in [0.2, 0.25) is 0 Å². The molecule has 172 valence electrons. The first-order valence-electron chi connectivity index (χ1n) is 11.4. The summed E-state index contributed by atoms with van der Waals surface area (Å²) in [6, 6.07) is 4.87. The van der Waals surface area contributed by atoms with Crippen molar-refractivity contribution in [3.05, 3.63) is 29.6 Å². The Bertz CT molecular complexity index is 783. The fraction of sp³-hybridized carbons (Fsp3) is 0.708. The van der Waals surface area contributed by atoms with Crippen LogP contribution < -0.4 is 5.46 Å². The highest BCUT2D eigenvalue weighted by Crippen LogP contribution is 2.36. The fourth-order valence-corrected chi connectivity index (χ4v) is 4.19. The number of amides is 1. The zero-order valence-electron chi connectivity index (χ0n) is 20.1. The van der Waals surface area contributed by atoms with Crippen LogP contribution in [0.2, 0.25) is 0 Å². The molecule has 1 aliphatic carbocycles. The summed E-state index contributed by atoms with van der Waals surface area (Å²) in [5.41, 5.74) is 0.104. The molecule has 0 N–H and O–H groups in total. The summed E-state index contributed by atoms with van der Waals surface area (Å²) in [5.74, 6) is -0.306. The van der Waals surface area contributed by atoms with Gasteiger partial charge in [-0.3, -0.25) is 0 Å². The maximum atomic E-state index is 14.2. The molecule has 1 aromatic carbocycles. The average molecular weight is 433 g/mol. The van der Waals surface area contributed by atoms with E-state index in [1.54, 1.807) is 6.07 Å². The van der Waals surface area contributed by atoms with E-state index < -0.39 is 23.9 Å². The number of nitrogens with zero attached hydrogens (tertiary/aromatic N) is 1. The Kier molecular flexibility index (Phi) is 6.78. The molecule has 3 rings (SSSR count). The molecule has 0 spiro atoms. The molecule has 2 aliphatic rings. The maximum Gasteiger partial charge on any atom is 0.495 e. The van der Waals surface area contributed by atoms with Crippen LogP contribution in [0.15, 0.2) is 18.2 Å². The van der Waals surface area contributed by atoms with Gasteiger partial charge in [-0.2, -0.15) is 0 Å². The van der Waals surface area contributed by atoms with Gasteiger partial charge in [0.25, 0.3) is 0 Å². The van der Waals surface area contributed by atoms with Crippen molar-refractivity contribution in [2.24, 2.45) is 0 Å². The molecule has 5 nitrogen and oxygen atoms in total. The summed E-state index contributed by atoms with van der Waals surface area (Å²) >= 11 is 0. The molecule has 0 aromatic heterocycles. The Morgan fingerprint density at radius 1 is 1.16 bits per heavy atom. The lowest BCUT2D eigenvalue weighted by atomic mass is 9.75. The highest BCUT2D eigenvalue weighted by Gasteiger charge is 2.52. The summed E-state index contributed by atoms with van der Waals surface area (Å²) in [7, 11) is -0.568. The first-order chi connectivity index (χ1) is 14.3. The van der Waals surface area contributed by atoms with E-state index in [0.717, 1.165) is 36.7 Å². The van der Waals surface area contributed by atoms with Crippen LogP contribution in [0, 0.1) is 5.82 Å². The van der Waals surface area contributed by atoms with Crippen LogP contribution in [0.1, 0.15) is 79.7 Å². The molecule has 1 saturated carbocycles. The second-order valence-corrected chi connectivity index (χ2v) is 10.8. The first-order valence-corrected chi connectivity index (χ1v) is 11.4. The van der Waals surface area contributed by atoms with Gasteiger partial charge in [0.15, 0.2) is 0 Å². The topological polar surface area (TPSA) is 48.0 Å². The van der Waals surface area contributed by atoms with Crippen molar-refractivity contribution in [2.75, 3.05) is 6.54 Å². The fourth-order valence-electron chi connectivity index (χ4n) is 4.19. The van der Waals surface area contributed by atoms with E-state index in [9.17, 15) is 9.18 Å². The number of carbonyl (C=O) groups excluding carboxylic acids is 1. The zero-order chi connectivity index (χ0) is 23.0. The summed E-state index contributed by atoms with van der Waals surface area (Å²) in [4.78, 5) is 14.8. The first kappa shape index (κ1) is 24.1. The lowest BCUT2D eigenvalue weighted by Gasteiger charge is -2.32. The third-order valence-corrected chi connectivity index (χ3v) is 6.63. The van der Waals surface area contributed by atoms with Crippen LogP contribution in [-0.2, 0) is 20.5 Å².